The summed E-state index contributed by atoms with van der Waals surface area (Å²) >= 11 is 0. The Morgan fingerprint density at radius 2 is 1.77 bits per heavy atom. The van der Waals surface area contributed by atoms with Crippen LogP contribution in [0.3, 0.4) is 0 Å². The lowest BCUT2D eigenvalue weighted by Gasteiger charge is -2.24. The van der Waals surface area contributed by atoms with Crippen LogP contribution in [-0.2, 0) is 20.8 Å². The zero-order chi connectivity index (χ0) is 25.3. The summed E-state index contributed by atoms with van der Waals surface area (Å²) in [5.41, 5.74) is -2.03. The van der Waals surface area contributed by atoms with Crippen molar-refractivity contribution in [3.05, 3.63) is 47.5 Å². The molecule has 5 N–H and O–H groups in total. The molecule has 190 valence electrons. The lowest BCUT2D eigenvalue weighted by atomic mass is 10.1. The van der Waals surface area contributed by atoms with Crippen LogP contribution in [0.5, 0.6) is 17.2 Å². The first kappa shape index (κ1) is 28.0. The van der Waals surface area contributed by atoms with Gasteiger partial charge in [0.1, 0.15) is 11.3 Å². The molecule has 0 bridgehead atoms. The van der Waals surface area contributed by atoms with E-state index in [1.165, 1.54) is 32.4 Å². The number of nitrogens with one attached hydrogen (secondary N) is 1. The lowest BCUT2D eigenvalue weighted by Crippen LogP contribution is -2.28. The van der Waals surface area contributed by atoms with E-state index < -0.39 is 52.0 Å². The Hall–Kier alpha value is -3.28. The molecule has 35 heavy (non-hydrogen) atoms. The molecule has 0 aliphatic heterocycles. The van der Waals surface area contributed by atoms with E-state index in [-0.39, 0.29) is 17.5 Å². The van der Waals surface area contributed by atoms with Gasteiger partial charge in [-0.05, 0) is 24.3 Å². The number of nitrogens with zero attached hydrogens (tertiary/aromatic N) is 1. The number of hydrogen-bond donors (Lipinski definition) is 2. The van der Waals surface area contributed by atoms with Gasteiger partial charge in [-0.25, -0.2) is 8.42 Å². The van der Waals surface area contributed by atoms with Gasteiger partial charge in [0.2, 0.25) is 5.09 Å². The number of alkyl halides is 3. The molecule has 11 nitrogen and oxygen atoms in total. The molecule has 16 heteroatoms. The van der Waals surface area contributed by atoms with Crippen LogP contribution in [0, 0.1) is 11.3 Å². The Morgan fingerprint density at radius 3 is 2.34 bits per heavy atom. The average molecular weight is 537 g/mol. The van der Waals surface area contributed by atoms with Crippen LogP contribution in [0.2, 0.25) is 0 Å². The van der Waals surface area contributed by atoms with Crippen molar-refractivity contribution in [1.29, 1.82) is 5.26 Å². The van der Waals surface area contributed by atoms with Crippen LogP contribution in [-0.4, -0.2) is 28.9 Å². The summed E-state index contributed by atoms with van der Waals surface area (Å²) in [7, 11) is -6.82. The Morgan fingerprint density at radius 1 is 1.14 bits per heavy atom. The van der Waals surface area contributed by atoms with E-state index in [0.717, 1.165) is 18.2 Å². The molecule has 3 aromatic rings. The number of rotatable bonds is 8. The Labute approximate surface area is 197 Å². The molecular weight excluding hydrogens is 518 g/mol. The number of nitriles is 1. The Bertz CT molecular complexity index is 1390. The smallest absolute Gasteiger partial charge is 0.417 e. The molecule has 0 radical (unpaired) electrons. The van der Waals surface area contributed by atoms with Crippen LogP contribution >= 0.6 is 7.60 Å². The molecule has 0 aliphatic carbocycles. The van der Waals surface area contributed by atoms with Crippen molar-refractivity contribution in [2.75, 3.05) is 20.5 Å². The fraction of sp³-hybridized carbons (Fsp3) is 0.211. The second kappa shape index (κ2) is 10.1. The first-order valence-corrected chi connectivity index (χ1v) is 12.3. The maximum absolute atomic E-state index is 13.1. The third kappa shape index (κ3) is 6.24. The summed E-state index contributed by atoms with van der Waals surface area (Å²) < 4.78 is 98.2. The van der Waals surface area contributed by atoms with Crippen LogP contribution in [0.15, 0.2) is 45.9 Å². The maximum Gasteiger partial charge on any atom is 0.417 e. The molecule has 1 unspecified atom stereocenters. The predicted octanol–water partition coefficient (Wildman–Crippen LogP) is 3.58. The molecule has 3 rings (SSSR count). The molecular formula is C19H19F3N3O8PS. The number of halogens is 3. The van der Waals surface area contributed by atoms with Crippen molar-refractivity contribution >= 4 is 28.6 Å². The van der Waals surface area contributed by atoms with E-state index in [2.05, 4.69) is 4.52 Å². The van der Waals surface area contributed by atoms with Gasteiger partial charge < -0.3 is 29.5 Å². The zero-order valence-corrected chi connectivity index (χ0v) is 20.1. The molecule has 0 amide bonds. The molecule has 1 atom stereocenters. The number of ether oxygens (including phenoxy) is 2. The van der Waals surface area contributed by atoms with Crippen LogP contribution in [0.1, 0.15) is 11.1 Å². The van der Waals surface area contributed by atoms with Gasteiger partial charge in [0.15, 0.2) is 19.1 Å². The largest absolute Gasteiger partial charge is 0.768 e. The number of benzene rings is 2. The van der Waals surface area contributed by atoms with Crippen LogP contribution < -0.4 is 29.8 Å². The van der Waals surface area contributed by atoms with Crippen molar-refractivity contribution in [2.45, 2.75) is 11.3 Å². The average Bonchev–Trinajstić information content (AvgIpc) is 3.20. The fourth-order valence-electron chi connectivity index (χ4n) is 2.81. The van der Waals surface area contributed by atoms with E-state index in [0.29, 0.717) is 17.2 Å². The van der Waals surface area contributed by atoms with E-state index in [1.807, 2.05) is 0 Å². The standard InChI is InChI=1S/C19H16F3N2O8PS.H3N/c1-29-16-5-12-6-18(31-15(12)8-17(16)30-2)34(27,28)24-10-33(25,26)32-13-4-3-11(9-23)14(7-13)19(20,21)22;/h3-8,24H,10H2,1-2H3,(H,25,26);1H3. The van der Waals surface area contributed by atoms with Crippen molar-refractivity contribution in [2.24, 2.45) is 0 Å². The topological polar surface area (TPSA) is 187 Å². The van der Waals surface area contributed by atoms with E-state index >= 15 is 0 Å². The zero-order valence-electron chi connectivity index (χ0n) is 18.4. The summed E-state index contributed by atoms with van der Waals surface area (Å²) in [6, 6.07) is 7.18. The molecule has 2 aromatic carbocycles. The molecule has 0 saturated heterocycles. The molecule has 0 aliphatic rings. The van der Waals surface area contributed by atoms with Crippen LogP contribution in [0.4, 0.5) is 13.2 Å². The van der Waals surface area contributed by atoms with Crippen molar-refractivity contribution in [1.82, 2.24) is 10.9 Å². The van der Waals surface area contributed by atoms with Gasteiger partial charge in [-0.1, -0.05) is 0 Å². The number of methoxy groups -OCH3 is 2. The third-order valence-corrected chi connectivity index (χ3v) is 6.88. The van der Waals surface area contributed by atoms with Crippen molar-refractivity contribution in [3.63, 3.8) is 0 Å². The molecule has 0 fully saturated rings. The predicted molar refractivity (Wildman–Crippen MR) is 115 cm³/mol. The number of fused-ring (bicyclic) bond motifs is 1. The van der Waals surface area contributed by atoms with Gasteiger partial charge in [0, 0.05) is 17.5 Å². The van der Waals surface area contributed by atoms with E-state index in [9.17, 15) is 31.0 Å². The van der Waals surface area contributed by atoms with Gasteiger partial charge >= 0.3 is 6.18 Å². The summed E-state index contributed by atoms with van der Waals surface area (Å²) in [5, 5.41) is 8.48. The van der Waals surface area contributed by atoms with E-state index in [1.54, 1.807) is 4.72 Å². The van der Waals surface area contributed by atoms with Crippen LogP contribution in [0.25, 0.3) is 11.0 Å². The molecule has 1 heterocycles. The first-order valence-electron chi connectivity index (χ1n) is 9.06. The summed E-state index contributed by atoms with van der Waals surface area (Å²) in [5.74, 6) is -0.183. The van der Waals surface area contributed by atoms with Crippen molar-refractivity contribution < 1.29 is 49.5 Å². The summed E-state index contributed by atoms with van der Waals surface area (Å²) in [6.07, 6.45) is -6.23. The quantitative estimate of drug-likeness (QED) is 0.405. The second-order valence-corrected chi connectivity index (χ2v) is 10.1. The van der Waals surface area contributed by atoms with Gasteiger partial charge in [0.25, 0.3) is 10.0 Å². The monoisotopic (exact) mass is 537 g/mol. The highest BCUT2D eigenvalue weighted by molar-refractivity contribution is 7.89. The van der Waals surface area contributed by atoms with E-state index in [4.69, 9.17) is 19.2 Å². The number of hydrogen-bond acceptors (Lipinski definition) is 9. The Kier molecular flexibility index (Phi) is 8.10. The number of furan rings is 1. The number of sulfonamides is 1. The normalized spacial score (nSPS) is 13.4. The maximum atomic E-state index is 13.1. The summed E-state index contributed by atoms with van der Waals surface area (Å²) in [4.78, 5) is 12.2. The highest BCUT2D eigenvalue weighted by Crippen LogP contribution is 2.41. The Balaban J connectivity index is 0.00000432. The van der Waals surface area contributed by atoms with Gasteiger partial charge in [-0.2, -0.15) is 23.2 Å². The minimum absolute atomic E-state index is 0. The minimum Gasteiger partial charge on any atom is -0.768 e. The SMILES string of the molecule is COc1cc2cc(S(=O)(=O)NCP(=O)([O-])Oc3ccc(C#N)c(C(F)(F)F)c3)oc2cc1OC.[NH4+]. The van der Waals surface area contributed by atoms with Gasteiger partial charge in [0.05, 0.1) is 37.7 Å². The molecule has 1 aromatic heterocycles. The highest BCUT2D eigenvalue weighted by Gasteiger charge is 2.34. The molecule has 0 spiro atoms. The van der Waals surface area contributed by atoms with Crippen molar-refractivity contribution in [3.8, 4) is 23.3 Å². The molecule has 0 saturated carbocycles. The summed E-state index contributed by atoms with van der Waals surface area (Å²) in [6.45, 7) is 0. The fourth-order valence-corrected chi connectivity index (χ4v) is 5.25. The minimum atomic E-state index is -5.06. The lowest BCUT2D eigenvalue weighted by molar-refractivity contribution is -0.191. The number of quaternary nitrogens is 1. The van der Waals surface area contributed by atoms with Gasteiger partial charge in [-0.3, -0.25) is 4.57 Å². The first-order chi connectivity index (χ1) is 15.8. The van der Waals surface area contributed by atoms with Gasteiger partial charge in [-0.15, -0.1) is 0 Å². The highest BCUT2D eigenvalue weighted by atomic mass is 32.2. The second-order valence-electron chi connectivity index (χ2n) is 6.64. The third-order valence-electron chi connectivity index (χ3n) is 4.37.